The van der Waals surface area contributed by atoms with Gasteiger partial charge in [0.1, 0.15) is 11.5 Å². The summed E-state index contributed by atoms with van der Waals surface area (Å²) in [5.74, 6) is -1.12. The average Bonchev–Trinajstić information content (AvgIpc) is 3.08. The van der Waals surface area contributed by atoms with Crippen LogP contribution in [-0.4, -0.2) is 31.7 Å². The molecule has 1 aliphatic heterocycles. The third kappa shape index (κ3) is 2.32. The topological polar surface area (TPSA) is 58.6 Å². The largest absolute Gasteiger partial charge is 0.434 e. The maximum absolute atomic E-state index is 14.0. The van der Waals surface area contributed by atoms with Gasteiger partial charge in [0.05, 0.1) is 12.2 Å². The van der Waals surface area contributed by atoms with Crippen molar-refractivity contribution in [3.63, 3.8) is 0 Å². The minimum Gasteiger partial charge on any atom is -0.434 e. The highest BCUT2D eigenvalue weighted by Gasteiger charge is 2.47. The van der Waals surface area contributed by atoms with Crippen LogP contribution in [0.2, 0.25) is 0 Å². The summed E-state index contributed by atoms with van der Waals surface area (Å²) in [4.78, 5) is 24.4. The molecular weight excluding hydrogens is 282 g/mol. The number of rotatable bonds is 3. The number of nitrogens with zero attached hydrogens (tertiary/aromatic N) is 1. The first kappa shape index (κ1) is 13.8. The molecule has 1 N–H and O–H groups in total. The van der Waals surface area contributed by atoms with Crippen LogP contribution in [0, 0.1) is 5.82 Å². The summed E-state index contributed by atoms with van der Waals surface area (Å²) in [7, 11) is 1.43. The van der Waals surface area contributed by atoms with Gasteiger partial charge in [-0.15, -0.1) is 0 Å². The van der Waals surface area contributed by atoms with Gasteiger partial charge in [-0.3, -0.25) is 9.69 Å². The zero-order valence-electron chi connectivity index (χ0n) is 11.4. The predicted molar refractivity (Wildman–Crippen MR) is 70.1 cm³/mol. The number of benzene rings is 1. The van der Waals surface area contributed by atoms with E-state index in [0.29, 0.717) is 12.8 Å². The molecule has 3 rings (SSSR count). The summed E-state index contributed by atoms with van der Waals surface area (Å²) >= 11 is 0. The molecule has 1 saturated carbocycles. The lowest BCUT2D eigenvalue weighted by Crippen LogP contribution is -2.35. The summed E-state index contributed by atoms with van der Waals surface area (Å²) in [5.41, 5.74) is -1.31. The Labute approximate surface area is 119 Å². The lowest BCUT2D eigenvalue weighted by molar-refractivity contribution is -0.127. The molecule has 2 aliphatic rings. The van der Waals surface area contributed by atoms with Crippen LogP contribution >= 0.6 is 0 Å². The fourth-order valence-corrected chi connectivity index (χ4v) is 2.39. The zero-order chi connectivity index (χ0) is 15.2. The molecule has 2 amide bonds. The molecule has 5 nitrogen and oxygen atoms in total. The van der Waals surface area contributed by atoms with Crippen molar-refractivity contribution in [1.29, 1.82) is 0 Å². The van der Waals surface area contributed by atoms with Crippen LogP contribution in [0.3, 0.4) is 0 Å². The first-order chi connectivity index (χ1) is 9.94. The van der Waals surface area contributed by atoms with E-state index in [0.717, 1.165) is 11.0 Å². The van der Waals surface area contributed by atoms with Crippen molar-refractivity contribution in [3.05, 3.63) is 29.6 Å². The van der Waals surface area contributed by atoms with Crippen molar-refractivity contribution in [3.8, 4) is 0 Å². The van der Waals surface area contributed by atoms with Gasteiger partial charge in [0.15, 0.2) is 6.10 Å². The summed E-state index contributed by atoms with van der Waals surface area (Å²) in [6, 6.07) is 3.91. The number of carbonyl (C=O) groups excluding carboxylic acids is 2. The Balaban J connectivity index is 1.83. The van der Waals surface area contributed by atoms with Crippen LogP contribution < -0.4 is 10.2 Å². The molecule has 21 heavy (non-hydrogen) atoms. The number of ether oxygens (including phenoxy) is 1. The smallest absolute Gasteiger partial charge is 0.415 e. The van der Waals surface area contributed by atoms with E-state index in [1.807, 2.05) is 0 Å². The summed E-state index contributed by atoms with van der Waals surface area (Å²) in [6.07, 6.45) is -1.03. The van der Waals surface area contributed by atoms with E-state index in [4.69, 9.17) is 4.74 Å². The van der Waals surface area contributed by atoms with Gasteiger partial charge in [0.2, 0.25) is 0 Å². The van der Waals surface area contributed by atoms with Crippen LogP contribution in [0.5, 0.6) is 0 Å². The van der Waals surface area contributed by atoms with E-state index in [1.54, 1.807) is 0 Å². The van der Waals surface area contributed by atoms with E-state index >= 15 is 0 Å². The second-order valence-electron chi connectivity index (χ2n) is 5.23. The number of hydrogen-bond donors (Lipinski definition) is 1. The molecule has 1 saturated heterocycles. The number of halogens is 2. The number of likely N-dealkylation sites (N-methyl/N-ethyl adjacent to an activating group) is 1. The number of hydrogen-bond acceptors (Lipinski definition) is 3. The number of amides is 2. The highest BCUT2D eigenvalue weighted by molar-refractivity contribution is 5.95. The normalized spacial score (nSPS) is 22.9. The molecule has 7 heteroatoms. The maximum atomic E-state index is 14.0. The zero-order valence-corrected chi connectivity index (χ0v) is 11.4. The molecule has 0 spiro atoms. The van der Waals surface area contributed by atoms with Crippen molar-refractivity contribution < 1.29 is 23.1 Å². The molecule has 1 aromatic rings. The standard InChI is InChI=1S/C14H14F2N2O3/c1-17-12(19)11-7-18(13(20)21-11)8-2-3-9(10(15)6-8)14(16)4-5-14/h2-3,6,11H,4-5,7H2,1H3,(H,17,19)/t11-/m1/s1. The monoisotopic (exact) mass is 296 g/mol. The van der Waals surface area contributed by atoms with Crippen LogP contribution in [0.25, 0.3) is 0 Å². The lowest BCUT2D eigenvalue weighted by atomic mass is 10.1. The van der Waals surface area contributed by atoms with Crippen molar-refractivity contribution in [2.24, 2.45) is 0 Å². The van der Waals surface area contributed by atoms with E-state index in [-0.39, 0.29) is 17.8 Å². The second kappa shape index (κ2) is 4.68. The molecule has 0 radical (unpaired) electrons. The fraction of sp³-hybridized carbons (Fsp3) is 0.429. The maximum Gasteiger partial charge on any atom is 0.415 e. The molecule has 1 heterocycles. The lowest BCUT2D eigenvalue weighted by Gasteiger charge is -2.15. The number of carbonyl (C=O) groups is 2. The Kier molecular flexibility index (Phi) is 3.07. The van der Waals surface area contributed by atoms with Gasteiger partial charge in [-0.1, -0.05) is 6.07 Å². The molecule has 1 atom stereocenters. The molecule has 0 aromatic heterocycles. The first-order valence-corrected chi connectivity index (χ1v) is 6.63. The third-order valence-corrected chi connectivity index (χ3v) is 3.79. The molecule has 112 valence electrons. The van der Waals surface area contributed by atoms with E-state index in [2.05, 4.69) is 5.32 Å². The highest BCUT2D eigenvalue weighted by atomic mass is 19.2. The van der Waals surface area contributed by atoms with Crippen molar-refractivity contribution in [2.75, 3.05) is 18.5 Å². The average molecular weight is 296 g/mol. The summed E-state index contributed by atoms with van der Waals surface area (Å²) in [6.45, 7) is -0.00192. The Hall–Kier alpha value is -2.18. The molecular formula is C14H14F2N2O3. The van der Waals surface area contributed by atoms with Gasteiger partial charge in [0.25, 0.3) is 5.91 Å². The van der Waals surface area contributed by atoms with E-state index < -0.39 is 29.6 Å². The Bertz CT molecular complexity index is 616. The molecule has 0 unspecified atom stereocenters. The van der Waals surface area contributed by atoms with Crippen molar-refractivity contribution in [2.45, 2.75) is 24.6 Å². The van der Waals surface area contributed by atoms with Crippen LogP contribution in [0.4, 0.5) is 19.3 Å². The van der Waals surface area contributed by atoms with E-state index in [1.165, 1.54) is 19.2 Å². The number of cyclic esters (lactones) is 1. The van der Waals surface area contributed by atoms with Gasteiger partial charge in [-0.25, -0.2) is 13.6 Å². The summed E-state index contributed by atoms with van der Waals surface area (Å²) < 4.78 is 32.8. The SMILES string of the molecule is CNC(=O)[C@H]1CN(c2ccc(C3(F)CC3)c(F)c2)C(=O)O1. The minimum absolute atomic E-state index is 0.00192. The minimum atomic E-state index is -1.57. The second-order valence-corrected chi connectivity index (χ2v) is 5.23. The Morgan fingerprint density at radius 3 is 2.76 bits per heavy atom. The van der Waals surface area contributed by atoms with Crippen molar-refractivity contribution in [1.82, 2.24) is 5.32 Å². The highest BCUT2D eigenvalue weighted by Crippen LogP contribution is 2.50. The Morgan fingerprint density at radius 1 is 1.48 bits per heavy atom. The van der Waals surface area contributed by atoms with Crippen LogP contribution in [0.15, 0.2) is 18.2 Å². The fourth-order valence-electron chi connectivity index (χ4n) is 2.39. The van der Waals surface area contributed by atoms with Crippen LogP contribution in [0.1, 0.15) is 18.4 Å². The van der Waals surface area contributed by atoms with Gasteiger partial charge < -0.3 is 10.1 Å². The number of nitrogens with one attached hydrogen (secondary N) is 1. The molecule has 0 bridgehead atoms. The van der Waals surface area contributed by atoms with Gasteiger partial charge in [0, 0.05) is 12.6 Å². The third-order valence-electron chi connectivity index (χ3n) is 3.79. The van der Waals surface area contributed by atoms with Crippen LogP contribution in [-0.2, 0) is 15.2 Å². The van der Waals surface area contributed by atoms with Gasteiger partial charge in [-0.2, -0.15) is 0 Å². The predicted octanol–water partition coefficient (Wildman–Crippen LogP) is 1.86. The molecule has 2 fully saturated rings. The van der Waals surface area contributed by atoms with Gasteiger partial charge in [-0.05, 0) is 25.0 Å². The summed E-state index contributed by atoms with van der Waals surface area (Å²) in [5, 5.41) is 2.38. The van der Waals surface area contributed by atoms with E-state index in [9.17, 15) is 18.4 Å². The Morgan fingerprint density at radius 2 is 2.19 bits per heavy atom. The first-order valence-electron chi connectivity index (χ1n) is 6.63. The number of alkyl halides is 1. The number of anilines is 1. The molecule has 1 aliphatic carbocycles. The molecule has 1 aromatic carbocycles. The van der Waals surface area contributed by atoms with Crippen molar-refractivity contribution >= 4 is 17.7 Å². The van der Waals surface area contributed by atoms with Gasteiger partial charge >= 0.3 is 6.09 Å². The quantitative estimate of drug-likeness (QED) is 0.926.